The fourth-order valence-corrected chi connectivity index (χ4v) is 1.63. The van der Waals surface area contributed by atoms with Crippen LogP contribution in [0.1, 0.15) is 11.1 Å². The summed E-state index contributed by atoms with van der Waals surface area (Å²) in [5, 5.41) is 0. The minimum atomic E-state index is -0.386. The zero-order valence-electron chi connectivity index (χ0n) is 9.41. The molecule has 0 fully saturated rings. The molecule has 86 valence electrons. The molecule has 0 amide bonds. The summed E-state index contributed by atoms with van der Waals surface area (Å²) in [5.74, 6) is 0.358. The van der Waals surface area contributed by atoms with E-state index in [4.69, 9.17) is 4.74 Å². The highest BCUT2D eigenvalue weighted by Crippen LogP contribution is 2.30. The highest BCUT2D eigenvalue weighted by molar-refractivity contribution is 9.10. The smallest absolute Gasteiger partial charge is 0.330 e. The van der Waals surface area contributed by atoms with Crippen LogP contribution in [0.4, 0.5) is 0 Å². The lowest BCUT2D eigenvalue weighted by Gasteiger charge is -2.09. The van der Waals surface area contributed by atoms with Crippen LogP contribution in [0.25, 0.3) is 6.08 Å². The SMILES string of the molecule is COC(=O)/C=C/c1ccc(Br)c(C)c1OC. The summed E-state index contributed by atoms with van der Waals surface area (Å²) in [6.07, 6.45) is 3.04. The summed E-state index contributed by atoms with van der Waals surface area (Å²) in [4.78, 5) is 11.0. The number of halogens is 1. The van der Waals surface area contributed by atoms with Crippen molar-refractivity contribution in [2.75, 3.05) is 14.2 Å². The standard InChI is InChI=1S/C12H13BrO3/c1-8-10(13)6-4-9(12(8)16-3)5-7-11(14)15-2/h4-7H,1-3H3/b7-5+. The molecule has 3 nitrogen and oxygen atoms in total. The second-order valence-electron chi connectivity index (χ2n) is 3.15. The van der Waals surface area contributed by atoms with E-state index >= 15 is 0 Å². The minimum absolute atomic E-state index is 0.386. The fourth-order valence-electron chi connectivity index (χ4n) is 1.32. The van der Waals surface area contributed by atoms with Crippen LogP contribution in [0.2, 0.25) is 0 Å². The quantitative estimate of drug-likeness (QED) is 0.632. The Morgan fingerprint density at radius 1 is 1.38 bits per heavy atom. The molecule has 0 radical (unpaired) electrons. The molecule has 0 heterocycles. The van der Waals surface area contributed by atoms with Gasteiger partial charge in [0.2, 0.25) is 0 Å². The molecule has 0 saturated carbocycles. The van der Waals surface area contributed by atoms with E-state index in [1.54, 1.807) is 13.2 Å². The van der Waals surface area contributed by atoms with Gasteiger partial charge in [-0.2, -0.15) is 0 Å². The van der Waals surface area contributed by atoms with E-state index in [1.165, 1.54) is 13.2 Å². The van der Waals surface area contributed by atoms with E-state index in [9.17, 15) is 4.79 Å². The van der Waals surface area contributed by atoms with Gasteiger partial charge in [-0.1, -0.05) is 22.0 Å². The van der Waals surface area contributed by atoms with Gasteiger partial charge in [-0.3, -0.25) is 0 Å². The van der Waals surface area contributed by atoms with E-state index in [0.29, 0.717) is 0 Å². The van der Waals surface area contributed by atoms with E-state index in [0.717, 1.165) is 21.3 Å². The third kappa shape index (κ3) is 2.85. The molecule has 0 aromatic heterocycles. The summed E-state index contributed by atoms with van der Waals surface area (Å²) >= 11 is 3.42. The van der Waals surface area contributed by atoms with E-state index in [-0.39, 0.29) is 5.97 Å². The average Bonchev–Trinajstić information content (AvgIpc) is 2.30. The van der Waals surface area contributed by atoms with Crippen molar-refractivity contribution >= 4 is 28.0 Å². The second-order valence-corrected chi connectivity index (χ2v) is 4.01. The predicted molar refractivity (Wildman–Crippen MR) is 66.5 cm³/mol. The van der Waals surface area contributed by atoms with Gasteiger partial charge in [-0.05, 0) is 19.1 Å². The molecule has 4 heteroatoms. The fraction of sp³-hybridized carbons (Fsp3) is 0.250. The Hall–Kier alpha value is -1.29. The molecule has 1 aromatic carbocycles. The predicted octanol–water partition coefficient (Wildman–Crippen LogP) is 2.95. The first-order valence-electron chi connectivity index (χ1n) is 4.69. The molecular formula is C12H13BrO3. The van der Waals surface area contributed by atoms with Gasteiger partial charge in [0.15, 0.2) is 0 Å². The van der Waals surface area contributed by atoms with E-state index in [1.807, 2.05) is 19.1 Å². The molecule has 0 aliphatic carbocycles. The molecule has 1 aromatic rings. The number of rotatable bonds is 3. The molecule has 0 N–H and O–H groups in total. The number of hydrogen-bond acceptors (Lipinski definition) is 3. The van der Waals surface area contributed by atoms with Crippen molar-refractivity contribution in [3.63, 3.8) is 0 Å². The monoisotopic (exact) mass is 284 g/mol. The van der Waals surface area contributed by atoms with Gasteiger partial charge in [0, 0.05) is 21.7 Å². The Labute approximate surface area is 103 Å². The first-order valence-corrected chi connectivity index (χ1v) is 5.48. The summed E-state index contributed by atoms with van der Waals surface area (Å²) in [6.45, 7) is 1.94. The molecule has 0 unspecified atom stereocenters. The van der Waals surface area contributed by atoms with Crippen molar-refractivity contribution in [1.29, 1.82) is 0 Å². The average molecular weight is 285 g/mol. The first-order chi connectivity index (χ1) is 7.60. The van der Waals surface area contributed by atoms with Crippen LogP contribution in [-0.4, -0.2) is 20.2 Å². The number of esters is 1. The van der Waals surface area contributed by atoms with Crippen LogP contribution < -0.4 is 4.74 Å². The molecule has 0 saturated heterocycles. The lowest BCUT2D eigenvalue weighted by Crippen LogP contribution is -1.95. The van der Waals surface area contributed by atoms with Crippen LogP contribution in [-0.2, 0) is 9.53 Å². The zero-order valence-corrected chi connectivity index (χ0v) is 11.0. The van der Waals surface area contributed by atoms with Crippen molar-refractivity contribution in [3.8, 4) is 5.75 Å². The Bertz CT molecular complexity index is 425. The van der Waals surface area contributed by atoms with Gasteiger partial charge in [-0.15, -0.1) is 0 Å². The maximum Gasteiger partial charge on any atom is 0.330 e. The van der Waals surface area contributed by atoms with E-state index in [2.05, 4.69) is 20.7 Å². The van der Waals surface area contributed by atoms with Crippen molar-refractivity contribution in [2.45, 2.75) is 6.92 Å². The van der Waals surface area contributed by atoms with Gasteiger partial charge >= 0.3 is 5.97 Å². The summed E-state index contributed by atoms with van der Waals surface area (Å²) in [6, 6.07) is 3.78. The lowest BCUT2D eigenvalue weighted by molar-refractivity contribution is -0.134. The molecule has 0 atom stereocenters. The largest absolute Gasteiger partial charge is 0.496 e. The van der Waals surface area contributed by atoms with Gasteiger partial charge in [-0.25, -0.2) is 4.79 Å². The Morgan fingerprint density at radius 3 is 2.62 bits per heavy atom. The highest BCUT2D eigenvalue weighted by Gasteiger charge is 2.07. The molecule has 0 aliphatic rings. The summed E-state index contributed by atoms with van der Waals surface area (Å²) in [5.41, 5.74) is 1.84. The summed E-state index contributed by atoms with van der Waals surface area (Å²) < 4.78 is 10.8. The van der Waals surface area contributed by atoms with Crippen LogP contribution in [0, 0.1) is 6.92 Å². The number of carbonyl (C=O) groups excluding carboxylic acids is 1. The number of ether oxygens (including phenoxy) is 2. The third-order valence-electron chi connectivity index (χ3n) is 2.17. The van der Waals surface area contributed by atoms with Gasteiger partial charge in [0.1, 0.15) is 5.75 Å². The molecule has 1 rings (SSSR count). The number of benzene rings is 1. The molecule has 0 aliphatic heterocycles. The Balaban J connectivity index is 3.10. The van der Waals surface area contributed by atoms with E-state index < -0.39 is 0 Å². The summed E-state index contributed by atoms with van der Waals surface area (Å²) in [7, 11) is 2.95. The minimum Gasteiger partial charge on any atom is -0.496 e. The van der Waals surface area contributed by atoms with Gasteiger partial charge in [0.25, 0.3) is 0 Å². The second kappa shape index (κ2) is 5.70. The number of methoxy groups -OCH3 is 2. The van der Waals surface area contributed by atoms with Crippen LogP contribution in [0.5, 0.6) is 5.75 Å². The zero-order chi connectivity index (χ0) is 12.1. The Morgan fingerprint density at radius 2 is 2.06 bits per heavy atom. The van der Waals surface area contributed by atoms with Crippen LogP contribution >= 0.6 is 15.9 Å². The van der Waals surface area contributed by atoms with Crippen molar-refractivity contribution in [1.82, 2.24) is 0 Å². The molecule has 16 heavy (non-hydrogen) atoms. The van der Waals surface area contributed by atoms with Gasteiger partial charge in [0.05, 0.1) is 14.2 Å². The normalized spacial score (nSPS) is 10.5. The van der Waals surface area contributed by atoms with Crippen molar-refractivity contribution in [2.24, 2.45) is 0 Å². The maximum absolute atomic E-state index is 11.0. The highest BCUT2D eigenvalue weighted by atomic mass is 79.9. The number of hydrogen-bond donors (Lipinski definition) is 0. The van der Waals surface area contributed by atoms with Crippen LogP contribution in [0.15, 0.2) is 22.7 Å². The van der Waals surface area contributed by atoms with Crippen LogP contribution in [0.3, 0.4) is 0 Å². The lowest BCUT2D eigenvalue weighted by atomic mass is 10.1. The maximum atomic E-state index is 11.0. The Kier molecular flexibility index (Phi) is 4.55. The van der Waals surface area contributed by atoms with Crippen molar-refractivity contribution in [3.05, 3.63) is 33.8 Å². The third-order valence-corrected chi connectivity index (χ3v) is 3.03. The first kappa shape index (κ1) is 12.8. The van der Waals surface area contributed by atoms with Crippen molar-refractivity contribution < 1.29 is 14.3 Å². The molecule has 0 spiro atoms. The number of carbonyl (C=O) groups is 1. The van der Waals surface area contributed by atoms with Gasteiger partial charge < -0.3 is 9.47 Å². The molecular weight excluding hydrogens is 272 g/mol. The topological polar surface area (TPSA) is 35.5 Å². The molecule has 0 bridgehead atoms.